The molecule has 1 heterocycles. The first-order valence-corrected chi connectivity index (χ1v) is 8.90. The summed E-state index contributed by atoms with van der Waals surface area (Å²) in [5.41, 5.74) is 2.53. The highest BCUT2D eigenvalue weighted by Crippen LogP contribution is 2.30. The van der Waals surface area contributed by atoms with E-state index in [9.17, 15) is 0 Å². The number of halogens is 1. The van der Waals surface area contributed by atoms with Crippen molar-refractivity contribution in [1.82, 2.24) is 15.1 Å². The molecule has 1 fully saturated rings. The number of nitrogens with one attached hydrogen (secondary N) is 1. The van der Waals surface area contributed by atoms with Crippen LogP contribution in [0.25, 0.3) is 0 Å². The second kappa shape index (κ2) is 7.60. The molecule has 1 atom stereocenters. The molecule has 1 unspecified atom stereocenters. The fraction of sp³-hybridized carbons (Fsp3) is 0.812. The summed E-state index contributed by atoms with van der Waals surface area (Å²) in [6, 6.07) is 0.594. The minimum atomic E-state index is 0.594. The van der Waals surface area contributed by atoms with Gasteiger partial charge in [-0.3, -0.25) is 4.68 Å². The summed E-state index contributed by atoms with van der Waals surface area (Å²) in [7, 11) is 2.07. The van der Waals surface area contributed by atoms with Gasteiger partial charge in [0.15, 0.2) is 0 Å². The Balaban J connectivity index is 2.12. The zero-order valence-corrected chi connectivity index (χ0v) is 14.7. The number of rotatable bonds is 6. The molecule has 1 aliphatic carbocycles. The molecule has 1 aliphatic rings. The zero-order valence-electron chi connectivity index (χ0n) is 13.1. The van der Waals surface area contributed by atoms with E-state index in [2.05, 4.69) is 51.9 Å². The molecule has 1 N–H and O–H groups in total. The lowest BCUT2D eigenvalue weighted by molar-refractivity contribution is 0.267. The molecule has 4 heteroatoms. The second-order valence-electron chi connectivity index (χ2n) is 5.95. The smallest absolute Gasteiger partial charge is 0.0766 e. The third kappa shape index (κ3) is 3.64. The van der Waals surface area contributed by atoms with Gasteiger partial charge in [0.25, 0.3) is 0 Å². The van der Waals surface area contributed by atoms with Gasteiger partial charge in [-0.05, 0) is 47.7 Å². The van der Waals surface area contributed by atoms with Crippen LogP contribution in [0.5, 0.6) is 0 Å². The van der Waals surface area contributed by atoms with Crippen molar-refractivity contribution >= 4 is 15.9 Å². The van der Waals surface area contributed by atoms with E-state index in [0.717, 1.165) is 25.3 Å². The van der Waals surface area contributed by atoms with Gasteiger partial charge in [-0.2, -0.15) is 5.10 Å². The van der Waals surface area contributed by atoms with Crippen molar-refractivity contribution in [3.8, 4) is 0 Å². The summed E-state index contributed by atoms with van der Waals surface area (Å²) >= 11 is 3.75. The lowest BCUT2D eigenvalue weighted by atomic mass is 9.82. The molecule has 1 aromatic rings. The Morgan fingerprint density at radius 3 is 2.55 bits per heavy atom. The van der Waals surface area contributed by atoms with Crippen molar-refractivity contribution in [2.75, 3.05) is 6.54 Å². The maximum atomic E-state index is 4.63. The van der Waals surface area contributed by atoms with E-state index in [1.165, 1.54) is 48.0 Å². The van der Waals surface area contributed by atoms with Gasteiger partial charge in [0.1, 0.15) is 0 Å². The van der Waals surface area contributed by atoms with Crippen molar-refractivity contribution in [2.45, 2.75) is 64.8 Å². The summed E-state index contributed by atoms with van der Waals surface area (Å²) in [4.78, 5) is 0. The van der Waals surface area contributed by atoms with E-state index in [0.29, 0.717) is 6.04 Å². The van der Waals surface area contributed by atoms with Crippen molar-refractivity contribution in [3.63, 3.8) is 0 Å². The van der Waals surface area contributed by atoms with E-state index in [-0.39, 0.29) is 0 Å². The fourth-order valence-corrected chi connectivity index (χ4v) is 4.23. The number of aryl methyl sites for hydroxylation is 2. The summed E-state index contributed by atoms with van der Waals surface area (Å²) in [6.07, 6.45) is 9.07. The highest BCUT2D eigenvalue weighted by Gasteiger charge is 2.25. The Hall–Kier alpha value is -0.350. The van der Waals surface area contributed by atoms with Crippen molar-refractivity contribution < 1.29 is 0 Å². The number of nitrogens with zero attached hydrogens (tertiary/aromatic N) is 2. The number of hydrogen-bond acceptors (Lipinski definition) is 2. The molecular formula is C16H28BrN3. The van der Waals surface area contributed by atoms with E-state index < -0.39 is 0 Å². The maximum Gasteiger partial charge on any atom is 0.0766 e. The monoisotopic (exact) mass is 341 g/mol. The molecule has 1 aromatic heterocycles. The van der Waals surface area contributed by atoms with Crippen LogP contribution >= 0.6 is 15.9 Å². The van der Waals surface area contributed by atoms with Gasteiger partial charge >= 0.3 is 0 Å². The van der Waals surface area contributed by atoms with Crippen LogP contribution in [0.2, 0.25) is 0 Å². The number of hydrogen-bond donors (Lipinski definition) is 1. The molecule has 3 nitrogen and oxygen atoms in total. The maximum absolute atomic E-state index is 4.63. The predicted molar refractivity (Wildman–Crippen MR) is 88.0 cm³/mol. The van der Waals surface area contributed by atoms with Gasteiger partial charge < -0.3 is 5.32 Å². The Kier molecular flexibility index (Phi) is 6.09. The number of aromatic nitrogens is 2. The minimum Gasteiger partial charge on any atom is -0.314 e. The van der Waals surface area contributed by atoms with E-state index in [4.69, 9.17) is 0 Å². The largest absolute Gasteiger partial charge is 0.314 e. The third-order valence-corrected chi connectivity index (χ3v) is 5.52. The van der Waals surface area contributed by atoms with Crippen LogP contribution in [0.4, 0.5) is 0 Å². The molecule has 0 aliphatic heterocycles. The molecule has 114 valence electrons. The van der Waals surface area contributed by atoms with Gasteiger partial charge in [0, 0.05) is 19.5 Å². The van der Waals surface area contributed by atoms with Crippen LogP contribution < -0.4 is 5.32 Å². The quantitative estimate of drug-likeness (QED) is 0.851. The summed E-state index contributed by atoms with van der Waals surface area (Å²) in [6.45, 7) is 5.43. The predicted octanol–water partition coefficient (Wildman–Crippen LogP) is 3.85. The minimum absolute atomic E-state index is 0.594. The fourth-order valence-electron chi connectivity index (χ4n) is 3.45. The summed E-state index contributed by atoms with van der Waals surface area (Å²) < 4.78 is 3.29. The highest BCUT2D eigenvalue weighted by molar-refractivity contribution is 9.10. The van der Waals surface area contributed by atoms with Crippen molar-refractivity contribution in [3.05, 3.63) is 15.9 Å². The van der Waals surface area contributed by atoms with Crippen LogP contribution in [-0.4, -0.2) is 22.4 Å². The Morgan fingerprint density at radius 1 is 1.30 bits per heavy atom. The van der Waals surface area contributed by atoms with Crippen LogP contribution in [0.1, 0.15) is 57.3 Å². The van der Waals surface area contributed by atoms with Crippen molar-refractivity contribution in [2.24, 2.45) is 13.0 Å². The molecule has 0 bridgehead atoms. The average Bonchev–Trinajstić information content (AvgIpc) is 2.75. The Labute approximate surface area is 131 Å². The molecular weight excluding hydrogens is 314 g/mol. The van der Waals surface area contributed by atoms with E-state index in [1.807, 2.05) is 0 Å². The average molecular weight is 342 g/mol. The van der Waals surface area contributed by atoms with E-state index in [1.54, 1.807) is 0 Å². The molecule has 0 radical (unpaired) electrons. The first-order valence-electron chi connectivity index (χ1n) is 8.11. The van der Waals surface area contributed by atoms with E-state index >= 15 is 0 Å². The van der Waals surface area contributed by atoms with Crippen LogP contribution in [-0.2, 0) is 19.9 Å². The lowest BCUT2D eigenvalue weighted by Gasteiger charge is -2.31. The molecule has 0 amide bonds. The van der Waals surface area contributed by atoms with Crippen LogP contribution in [0.3, 0.4) is 0 Å². The number of likely N-dealkylation sites (N-methyl/N-ethyl adjacent to an activating group) is 1. The summed E-state index contributed by atoms with van der Waals surface area (Å²) in [5, 5.41) is 8.35. The molecule has 20 heavy (non-hydrogen) atoms. The highest BCUT2D eigenvalue weighted by atomic mass is 79.9. The summed E-state index contributed by atoms with van der Waals surface area (Å²) in [5.74, 6) is 0.829. The van der Waals surface area contributed by atoms with Gasteiger partial charge in [-0.25, -0.2) is 0 Å². The van der Waals surface area contributed by atoms with Crippen LogP contribution in [0, 0.1) is 5.92 Å². The lowest BCUT2D eigenvalue weighted by Crippen LogP contribution is -2.39. The first kappa shape index (κ1) is 16.0. The molecule has 2 rings (SSSR count). The molecule has 0 saturated heterocycles. The normalized spacial score (nSPS) is 18.4. The van der Waals surface area contributed by atoms with Gasteiger partial charge in [0.05, 0.1) is 15.9 Å². The Morgan fingerprint density at radius 2 is 2.00 bits per heavy atom. The zero-order chi connectivity index (χ0) is 14.5. The first-order chi connectivity index (χ1) is 9.67. The Bertz CT molecular complexity index is 422. The molecule has 0 spiro atoms. The van der Waals surface area contributed by atoms with Crippen LogP contribution in [0.15, 0.2) is 4.47 Å². The van der Waals surface area contributed by atoms with Gasteiger partial charge in [-0.1, -0.05) is 33.1 Å². The van der Waals surface area contributed by atoms with Gasteiger partial charge in [-0.15, -0.1) is 0 Å². The standard InChI is InChI=1S/C16H28BrN3/c1-4-13-16(17)15(20(3)19-13)11-14(18-5-2)12-9-7-6-8-10-12/h12,14,18H,4-11H2,1-3H3. The molecule has 1 saturated carbocycles. The second-order valence-corrected chi connectivity index (χ2v) is 6.74. The molecule has 0 aromatic carbocycles. The third-order valence-electron chi connectivity index (χ3n) is 4.60. The van der Waals surface area contributed by atoms with Gasteiger partial charge in [0.2, 0.25) is 0 Å². The topological polar surface area (TPSA) is 29.9 Å². The van der Waals surface area contributed by atoms with Crippen molar-refractivity contribution in [1.29, 1.82) is 0 Å². The SMILES string of the molecule is CCNC(Cc1c(Br)c(CC)nn1C)C1CCCCC1.